The highest BCUT2D eigenvalue weighted by atomic mass is 35.5. The number of fused-ring (bicyclic) bond motifs is 1. The first-order valence-corrected chi connectivity index (χ1v) is 13.5. The second-order valence-corrected chi connectivity index (χ2v) is 10.3. The van der Waals surface area contributed by atoms with Gasteiger partial charge in [-0.05, 0) is 80.5 Å². The summed E-state index contributed by atoms with van der Waals surface area (Å²) >= 11 is 6.79. The van der Waals surface area contributed by atoms with Crippen molar-refractivity contribution in [3.05, 3.63) is 64.3 Å². The summed E-state index contributed by atoms with van der Waals surface area (Å²) < 4.78 is 12.7. The molecule has 2 aromatic carbocycles. The third-order valence-corrected chi connectivity index (χ3v) is 7.89. The van der Waals surface area contributed by atoms with E-state index in [0.29, 0.717) is 11.6 Å². The number of aryl methyl sites for hydroxylation is 1. The smallest absolute Gasteiger partial charge is 0.243 e. The maximum atomic E-state index is 13.6. The molecule has 8 heteroatoms. The van der Waals surface area contributed by atoms with E-state index in [-0.39, 0.29) is 17.9 Å². The lowest BCUT2D eigenvalue weighted by atomic mass is 9.85. The zero-order chi connectivity index (χ0) is 25.9. The number of ether oxygens (including phenoxy) is 2. The molecule has 0 spiro atoms. The molecule has 7 nitrogen and oxygen atoms in total. The Morgan fingerprint density at radius 3 is 2.65 bits per heavy atom. The van der Waals surface area contributed by atoms with E-state index < -0.39 is 0 Å². The van der Waals surface area contributed by atoms with Gasteiger partial charge in [0.1, 0.15) is 5.75 Å². The van der Waals surface area contributed by atoms with Crippen molar-refractivity contribution in [2.75, 3.05) is 27.4 Å². The minimum Gasteiger partial charge on any atom is -0.497 e. The summed E-state index contributed by atoms with van der Waals surface area (Å²) in [5, 5.41) is 7.78. The summed E-state index contributed by atoms with van der Waals surface area (Å²) in [6.07, 6.45) is 5.53. The minimum atomic E-state index is -0.320. The van der Waals surface area contributed by atoms with Crippen LogP contribution in [0.15, 0.2) is 42.5 Å². The quantitative estimate of drug-likeness (QED) is 0.433. The molecule has 0 bridgehead atoms. The van der Waals surface area contributed by atoms with Gasteiger partial charge in [0.15, 0.2) is 0 Å². The van der Waals surface area contributed by atoms with Crippen LogP contribution in [0.4, 0.5) is 0 Å². The molecule has 2 heterocycles. The van der Waals surface area contributed by atoms with E-state index in [4.69, 9.17) is 26.2 Å². The highest BCUT2D eigenvalue weighted by molar-refractivity contribution is 6.32. The molecule has 1 saturated heterocycles. The van der Waals surface area contributed by atoms with Gasteiger partial charge in [0.2, 0.25) is 5.91 Å². The molecule has 1 aromatic heterocycles. The van der Waals surface area contributed by atoms with Gasteiger partial charge in [0.25, 0.3) is 0 Å². The molecule has 1 aliphatic heterocycles. The summed E-state index contributed by atoms with van der Waals surface area (Å²) in [5.74, 6) is 0.476. The van der Waals surface area contributed by atoms with Crippen LogP contribution < -0.4 is 10.2 Å². The molecule has 2 aliphatic rings. The Kier molecular flexibility index (Phi) is 7.84. The standard InChI is InChI=1S/C29H35ClN4O3/c1-4-19-10-15-26(25(30)17-19)34-28(20-11-13-22(37-3)14-12-20)23-8-5-9-24(27(23)31-34)29(35)32-33-16-6-7-21(33)18-36-2/h10-15,17,21,24H,4-9,16,18H2,1-3H3,(H,32,35)/t21-,24?/m1/s1. The zero-order valence-corrected chi connectivity index (χ0v) is 22.6. The van der Waals surface area contributed by atoms with Crippen LogP contribution in [-0.2, 0) is 22.4 Å². The Labute approximate surface area is 223 Å². The van der Waals surface area contributed by atoms with Gasteiger partial charge in [0.05, 0.1) is 47.8 Å². The van der Waals surface area contributed by atoms with Crippen LogP contribution in [0.25, 0.3) is 16.9 Å². The SMILES string of the molecule is CCc1ccc(-n2nc3c(c2-c2ccc(OC)cc2)CCCC3C(=O)NN2CCC[C@@H]2COC)c(Cl)c1. The van der Waals surface area contributed by atoms with Gasteiger partial charge in [-0.2, -0.15) is 5.10 Å². The number of carbonyl (C=O) groups excluding carboxylic acids is 1. The summed E-state index contributed by atoms with van der Waals surface area (Å²) in [7, 11) is 3.37. The molecule has 5 rings (SSSR count). The maximum Gasteiger partial charge on any atom is 0.243 e. The van der Waals surface area contributed by atoms with E-state index in [1.165, 1.54) is 5.56 Å². The van der Waals surface area contributed by atoms with Gasteiger partial charge >= 0.3 is 0 Å². The summed E-state index contributed by atoms with van der Waals surface area (Å²) in [4.78, 5) is 13.6. The molecule has 2 atom stereocenters. The number of hydrogen-bond donors (Lipinski definition) is 1. The number of rotatable bonds is 8. The van der Waals surface area contributed by atoms with Crippen molar-refractivity contribution in [2.24, 2.45) is 0 Å². The molecule has 0 radical (unpaired) electrons. The van der Waals surface area contributed by atoms with E-state index in [2.05, 4.69) is 18.4 Å². The molecule has 0 saturated carbocycles. The Morgan fingerprint density at radius 2 is 1.95 bits per heavy atom. The normalized spacial score (nSPS) is 19.6. The molecule has 1 aliphatic carbocycles. The third kappa shape index (κ3) is 5.13. The Bertz CT molecular complexity index is 1260. The average molecular weight is 523 g/mol. The Hall–Kier alpha value is -2.87. The topological polar surface area (TPSA) is 68.6 Å². The monoisotopic (exact) mass is 522 g/mol. The molecule has 37 heavy (non-hydrogen) atoms. The van der Waals surface area contributed by atoms with Crippen LogP contribution in [0.5, 0.6) is 5.75 Å². The largest absolute Gasteiger partial charge is 0.497 e. The van der Waals surface area contributed by atoms with Crippen LogP contribution in [0, 0.1) is 0 Å². The molecule has 3 aromatic rings. The molecule has 1 N–H and O–H groups in total. The number of nitrogens with one attached hydrogen (secondary N) is 1. The second-order valence-electron chi connectivity index (χ2n) is 9.86. The van der Waals surface area contributed by atoms with E-state index >= 15 is 0 Å². The van der Waals surface area contributed by atoms with Gasteiger partial charge in [-0.3, -0.25) is 10.2 Å². The first-order valence-electron chi connectivity index (χ1n) is 13.1. The lowest BCUT2D eigenvalue weighted by molar-refractivity contribution is -0.128. The van der Waals surface area contributed by atoms with Crippen LogP contribution in [0.1, 0.15) is 55.3 Å². The van der Waals surface area contributed by atoms with Crippen LogP contribution in [0.3, 0.4) is 0 Å². The molecule has 196 valence electrons. The lowest BCUT2D eigenvalue weighted by Gasteiger charge is -2.28. The fourth-order valence-corrected chi connectivity index (χ4v) is 5.88. The van der Waals surface area contributed by atoms with E-state index in [0.717, 1.165) is 79.0 Å². The van der Waals surface area contributed by atoms with Crippen LogP contribution in [0.2, 0.25) is 5.02 Å². The molecule has 1 fully saturated rings. The number of carbonyl (C=O) groups is 1. The predicted molar refractivity (Wildman–Crippen MR) is 145 cm³/mol. The predicted octanol–water partition coefficient (Wildman–Crippen LogP) is 5.33. The lowest BCUT2D eigenvalue weighted by Crippen LogP contribution is -2.48. The highest BCUT2D eigenvalue weighted by Gasteiger charge is 2.35. The zero-order valence-electron chi connectivity index (χ0n) is 21.8. The summed E-state index contributed by atoms with van der Waals surface area (Å²) in [6, 6.07) is 14.3. The van der Waals surface area contributed by atoms with Crippen molar-refractivity contribution in [1.29, 1.82) is 0 Å². The number of methoxy groups -OCH3 is 2. The number of aromatic nitrogens is 2. The third-order valence-electron chi connectivity index (χ3n) is 7.58. The van der Waals surface area contributed by atoms with Crippen molar-refractivity contribution in [3.63, 3.8) is 0 Å². The number of nitrogens with zero attached hydrogens (tertiary/aromatic N) is 3. The van der Waals surface area contributed by atoms with Crippen LogP contribution in [-0.4, -0.2) is 54.1 Å². The summed E-state index contributed by atoms with van der Waals surface area (Å²) in [5.41, 5.74) is 9.14. The van der Waals surface area contributed by atoms with Gasteiger partial charge in [0, 0.05) is 24.8 Å². The first-order chi connectivity index (χ1) is 18.0. The molecule has 1 unspecified atom stereocenters. The van der Waals surface area contributed by atoms with Crippen molar-refractivity contribution in [3.8, 4) is 22.7 Å². The Balaban J connectivity index is 1.56. The van der Waals surface area contributed by atoms with Crippen LogP contribution >= 0.6 is 11.6 Å². The van der Waals surface area contributed by atoms with Gasteiger partial charge in [-0.1, -0.05) is 24.6 Å². The van der Waals surface area contributed by atoms with Gasteiger partial charge in [-0.25, -0.2) is 9.69 Å². The summed E-state index contributed by atoms with van der Waals surface area (Å²) in [6.45, 7) is 3.56. The number of benzene rings is 2. The highest BCUT2D eigenvalue weighted by Crippen LogP contribution is 2.40. The van der Waals surface area contributed by atoms with Gasteiger partial charge in [-0.15, -0.1) is 0 Å². The van der Waals surface area contributed by atoms with Crippen molar-refractivity contribution < 1.29 is 14.3 Å². The van der Waals surface area contributed by atoms with Crippen molar-refractivity contribution in [2.45, 2.75) is 57.4 Å². The number of amides is 1. The molecule has 1 amide bonds. The molecular formula is C29H35ClN4O3. The average Bonchev–Trinajstić information content (AvgIpc) is 3.52. The van der Waals surface area contributed by atoms with E-state index in [9.17, 15) is 4.79 Å². The molecular weight excluding hydrogens is 488 g/mol. The fourth-order valence-electron chi connectivity index (χ4n) is 5.60. The fraction of sp³-hybridized carbons (Fsp3) is 0.448. The number of hydrazine groups is 1. The van der Waals surface area contributed by atoms with E-state index in [1.807, 2.05) is 46.1 Å². The van der Waals surface area contributed by atoms with E-state index in [1.54, 1.807) is 14.2 Å². The first kappa shape index (κ1) is 25.8. The maximum absolute atomic E-state index is 13.6. The number of halogens is 1. The number of hydrogen-bond acceptors (Lipinski definition) is 5. The van der Waals surface area contributed by atoms with Crippen molar-refractivity contribution >= 4 is 17.5 Å². The minimum absolute atomic E-state index is 0.00214. The van der Waals surface area contributed by atoms with Gasteiger partial charge < -0.3 is 9.47 Å². The second kappa shape index (κ2) is 11.3. The Morgan fingerprint density at radius 1 is 1.14 bits per heavy atom. The van der Waals surface area contributed by atoms with Crippen molar-refractivity contribution in [1.82, 2.24) is 20.2 Å².